The number of hydrogen-bond donors (Lipinski definition) is 1. The number of hydrogen-bond acceptors (Lipinski definition) is 4. The first kappa shape index (κ1) is 10.6. The molecule has 0 saturated heterocycles. The van der Waals surface area contributed by atoms with Crippen LogP contribution in [0.25, 0.3) is 0 Å². The van der Waals surface area contributed by atoms with Crippen LogP contribution in [0, 0.1) is 5.92 Å². The number of nitrogens with two attached hydrogens (primary N) is 1. The summed E-state index contributed by atoms with van der Waals surface area (Å²) >= 11 is 0. The zero-order valence-corrected chi connectivity index (χ0v) is 9.87. The first-order valence-electron chi connectivity index (χ1n) is 5.45. The van der Waals surface area contributed by atoms with E-state index < -0.39 is 0 Å². The Morgan fingerprint density at radius 2 is 2.00 bits per heavy atom. The molecule has 1 fully saturated rings. The highest BCUT2D eigenvalue weighted by atomic mass is 16.5. The molecule has 0 spiro atoms. The molecule has 84 valence electrons. The van der Waals surface area contributed by atoms with Gasteiger partial charge < -0.3 is 10.3 Å². The molecule has 1 aromatic heterocycles. The zero-order chi connectivity index (χ0) is 11.3. The van der Waals surface area contributed by atoms with Gasteiger partial charge in [-0.25, -0.2) is 0 Å². The summed E-state index contributed by atoms with van der Waals surface area (Å²) in [7, 11) is 0. The average molecular weight is 209 g/mol. The van der Waals surface area contributed by atoms with Crippen molar-refractivity contribution in [1.82, 2.24) is 10.1 Å². The van der Waals surface area contributed by atoms with Crippen molar-refractivity contribution in [1.29, 1.82) is 0 Å². The van der Waals surface area contributed by atoms with Crippen LogP contribution in [0.4, 0.5) is 0 Å². The van der Waals surface area contributed by atoms with Crippen molar-refractivity contribution in [2.75, 3.05) is 0 Å². The van der Waals surface area contributed by atoms with Crippen molar-refractivity contribution in [3.8, 4) is 0 Å². The van der Waals surface area contributed by atoms with Crippen molar-refractivity contribution in [3.63, 3.8) is 0 Å². The molecule has 1 saturated carbocycles. The fourth-order valence-corrected chi connectivity index (χ4v) is 2.10. The van der Waals surface area contributed by atoms with Crippen molar-refractivity contribution >= 4 is 0 Å². The second-order valence-corrected chi connectivity index (χ2v) is 5.84. The molecule has 0 aromatic carbocycles. The van der Waals surface area contributed by atoms with Gasteiger partial charge in [0, 0.05) is 5.41 Å². The number of nitrogens with zero attached hydrogens (tertiary/aromatic N) is 2. The normalized spacial score (nSPS) is 31.4. The maximum Gasteiger partial charge on any atom is 0.232 e. The Hall–Kier alpha value is -0.900. The molecule has 0 atom stereocenters. The Balaban J connectivity index is 2.21. The molecule has 2 N–H and O–H groups in total. The van der Waals surface area contributed by atoms with Crippen molar-refractivity contribution in [3.05, 3.63) is 11.7 Å². The second-order valence-electron chi connectivity index (χ2n) is 5.84. The standard InChI is InChI=1S/C11H19N3O/c1-7-5-11(12,6-7)8-13-9(15-14-8)10(2,3)4/h7H,5-6,12H2,1-4H3. The quantitative estimate of drug-likeness (QED) is 0.767. The maximum absolute atomic E-state index is 6.19. The number of rotatable bonds is 1. The van der Waals surface area contributed by atoms with E-state index >= 15 is 0 Å². The van der Waals surface area contributed by atoms with E-state index in [-0.39, 0.29) is 11.0 Å². The second kappa shape index (κ2) is 3.04. The molecule has 0 unspecified atom stereocenters. The first-order valence-corrected chi connectivity index (χ1v) is 5.45. The van der Waals surface area contributed by atoms with Gasteiger partial charge >= 0.3 is 0 Å². The van der Waals surface area contributed by atoms with E-state index in [4.69, 9.17) is 10.3 Å². The van der Waals surface area contributed by atoms with E-state index in [1.54, 1.807) is 0 Å². The van der Waals surface area contributed by atoms with Gasteiger partial charge in [-0.3, -0.25) is 0 Å². The van der Waals surface area contributed by atoms with E-state index in [2.05, 4.69) is 37.8 Å². The minimum absolute atomic E-state index is 0.100. The molecular weight excluding hydrogens is 190 g/mol. The largest absolute Gasteiger partial charge is 0.339 e. The van der Waals surface area contributed by atoms with E-state index in [1.165, 1.54) is 0 Å². The molecule has 0 bridgehead atoms. The molecule has 15 heavy (non-hydrogen) atoms. The maximum atomic E-state index is 6.19. The van der Waals surface area contributed by atoms with Crippen LogP contribution < -0.4 is 5.73 Å². The molecule has 1 aliphatic carbocycles. The average Bonchev–Trinajstić information content (AvgIpc) is 2.47. The van der Waals surface area contributed by atoms with Crippen LogP contribution in [0.5, 0.6) is 0 Å². The lowest BCUT2D eigenvalue weighted by molar-refractivity contribution is 0.149. The highest BCUT2D eigenvalue weighted by Gasteiger charge is 2.44. The van der Waals surface area contributed by atoms with E-state index in [0.717, 1.165) is 12.8 Å². The molecule has 0 radical (unpaired) electrons. The Morgan fingerprint density at radius 3 is 2.40 bits per heavy atom. The van der Waals surface area contributed by atoms with Crippen LogP contribution in [0.15, 0.2) is 4.52 Å². The SMILES string of the molecule is CC1CC(N)(c2noc(C(C)(C)C)n2)C1. The predicted octanol–water partition coefficient (Wildman–Crippen LogP) is 1.95. The van der Waals surface area contributed by atoms with E-state index in [9.17, 15) is 0 Å². The van der Waals surface area contributed by atoms with Crippen LogP contribution in [-0.2, 0) is 11.0 Å². The Kier molecular flexibility index (Phi) is 2.15. The van der Waals surface area contributed by atoms with Crippen LogP contribution in [0.2, 0.25) is 0 Å². The third-order valence-electron chi connectivity index (χ3n) is 2.94. The van der Waals surface area contributed by atoms with E-state index in [1.807, 2.05) is 0 Å². The van der Waals surface area contributed by atoms with Gasteiger partial charge in [-0.15, -0.1) is 0 Å². The molecule has 4 heteroatoms. The van der Waals surface area contributed by atoms with Gasteiger partial charge in [0.1, 0.15) is 0 Å². The van der Waals surface area contributed by atoms with Gasteiger partial charge in [-0.05, 0) is 18.8 Å². The summed E-state index contributed by atoms with van der Waals surface area (Å²) in [6.45, 7) is 8.35. The fraction of sp³-hybridized carbons (Fsp3) is 0.818. The molecule has 0 aliphatic heterocycles. The first-order chi connectivity index (χ1) is 6.81. The molecular formula is C11H19N3O. The Morgan fingerprint density at radius 1 is 1.40 bits per heavy atom. The van der Waals surface area contributed by atoms with E-state index in [0.29, 0.717) is 17.6 Å². The predicted molar refractivity (Wildman–Crippen MR) is 57.3 cm³/mol. The lowest BCUT2D eigenvalue weighted by Crippen LogP contribution is -2.48. The van der Waals surface area contributed by atoms with Gasteiger partial charge in [0.05, 0.1) is 5.54 Å². The summed E-state index contributed by atoms with van der Waals surface area (Å²) in [5.41, 5.74) is 5.75. The summed E-state index contributed by atoms with van der Waals surface area (Å²) in [4.78, 5) is 4.41. The Bertz CT molecular complexity index is 358. The summed E-state index contributed by atoms with van der Waals surface area (Å²) in [6, 6.07) is 0. The van der Waals surface area contributed by atoms with Crippen LogP contribution in [0.3, 0.4) is 0 Å². The lowest BCUT2D eigenvalue weighted by Gasteiger charge is -2.40. The molecule has 1 heterocycles. The molecule has 0 amide bonds. The minimum atomic E-state index is -0.341. The van der Waals surface area contributed by atoms with Crippen molar-refractivity contribution in [2.45, 2.75) is 51.5 Å². The Labute approximate surface area is 90.2 Å². The third-order valence-corrected chi connectivity index (χ3v) is 2.94. The fourth-order valence-electron chi connectivity index (χ4n) is 2.10. The summed E-state index contributed by atoms with van der Waals surface area (Å²) in [5, 5.41) is 4.00. The van der Waals surface area contributed by atoms with Crippen LogP contribution >= 0.6 is 0 Å². The summed E-state index contributed by atoms with van der Waals surface area (Å²) in [5.74, 6) is 2.01. The molecule has 2 rings (SSSR count). The lowest BCUT2D eigenvalue weighted by atomic mass is 9.69. The summed E-state index contributed by atoms with van der Waals surface area (Å²) in [6.07, 6.45) is 1.91. The van der Waals surface area contributed by atoms with Crippen molar-refractivity contribution in [2.24, 2.45) is 11.7 Å². The summed E-state index contributed by atoms with van der Waals surface area (Å²) < 4.78 is 5.25. The third kappa shape index (κ3) is 1.78. The zero-order valence-electron chi connectivity index (χ0n) is 9.87. The van der Waals surface area contributed by atoms with Crippen LogP contribution in [0.1, 0.15) is 52.3 Å². The minimum Gasteiger partial charge on any atom is -0.339 e. The molecule has 1 aliphatic rings. The topological polar surface area (TPSA) is 64.9 Å². The van der Waals surface area contributed by atoms with Crippen LogP contribution in [-0.4, -0.2) is 10.1 Å². The van der Waals surface area contributed by atoms with Gasteiger partial charge in [0.25, 0.3) is 0 Å². The van der Waals surface area contributed by atoms with Gasteiger partial charge in [-0.2, -0.15) is 4.98 Å². The smallest absolute Gasteiger partial charge is 0.232 e. The number of aromatic nitrogens is 2. The van der Waals surface area contributed by atoms with Gasteiger partial charge in [0.2, 0.25) is 5.89 Å². The van der Waals surface area contributed by atoms with Gasteiger partial charge in [0.15, 0.2) is 5.82 Å². The van der Waals surface area contributed by atoms with Crippen molar-refractivity contribution < 1.29 is 4.52 Å². The van der Waals surface area contributed by atoms with Gasteiger partial charge in [-0.1, -0.05) is 32.9 Å². The monoisotopic (exact) mass is 209 g/mol. The highest BCUT2D eigenvalue weighted by Crippen LogP contribution is 2.42. The molecule has 4 nitrogen and oxygen atoms in total. The highest BCUT2D eigenvalue weighted by molar-refractivity contribution is 5.12. The molecule has 1 aromatic rings.